The minimum absolute atomic E-state index is 0.447. The lowest BCUT2D eigenvalue weighted by Crippen LogP contribution is -2.28. The highest BCUT2D eigenvalue weighted by Crippen LogP contribution is 2.07. The Hall–Kier alpha value is -2.36. The van der Waals surface area contributed by atoms with Crippen LogP contribution >= 0.6 is 0 Å². The van der Waals surface area contributed by atoms with Crippen LogP contribution in [-0.2, 0) is 6.42 Å². The highest BCUT2D eigenvalue weighted by Gasteiger charge is 2.02. The van der Waals surface area contributed by atoms with E-state index in [2.05, 4.69) is 10.3 Å². The summed E-state index contributed by atoms with van der Waals surface area (Å²) in [5.74, 6) is 0.535. The maximum absolute atomic E-state index is 11.4. The third-order valence-electron chi connectivity index (χ3n) is 2.33. The van der Waals surface area contributed by atoms with E-state index in [0.717, 1.165) is 5.69 Å². The molecule has 4 heteroatoms. The third kappa shape index (κ3) is 3.90. The fraction of sp³-hybridized carbons (Fsp3) is 0.143. The molecule has 4 nitrogen and oxygen atoms in total. The first-order chi connectivity index (χ1) is 8.84. The summed E-state index contributed by atoms with van der Waals surface area (Å²) in [5, 5.41) is 2.68. The molecule has 0 aliphatic heterocycles. The predicted octanol–water partition coefficient (Wildman–Crippen LogP) is 2.41. The summed E-state index contributed by atoms with van der Waals surface area (Å²) in [6.45, 7) is 0.503. The van der Waals surface area contributed by atoms with Gasteiger partial charge in [-0.2, -0.15) is 0 Å². The zero-order chi connectivity index (χ0) is 12.6. The van der Waals surface area contributed by atoms with Crippen LogP contribution < -0.4 is 10.1 Å². The molecule has 0 aliphatic carbocycles. The second-order valence-corrected chi connectivity index (χ2v) is 3.70. The molecule has 92 valence electrons. The number of nitrogens with zero attached hydrogens (tertiary/aromatic N) is 1. The van der Waals surface area contributed by atoms with Crippen molar-refractivity contribution in [2.75, 3.05) is 6.54 Å². The lowest BCUT2D eigenvalue weighted by atomic mass is 10.3. The Morgan fingerprint density at radius 2 is 1.89 bits per heavy atom. The van der Waals surface area contributed by atoms with Crippen molar-refractivity contribution < 1.29 is 9.53 Å². The van der Waals surface area contributed by atoms with Gasteiger partial charge in [-0.05, 0) is 24.3 Å². The maximum atomic E-state index is 11.4. The van der Waals surface area contributed by atoms with Crippen molar-refractivity contribution in [2.45, 2.75) is 6.42 Å². The summed E-state index contributed by atoms with van der Waals surface area (Å²) in [6.07, 6.45) is 1.97. The Labute approximate surface area is 106 Å². The number of hydrogen-bond donors (Lipinski definition) is 1. The average molecular weight is 242 g/mol. The standard InChI is InChI=1S/C14H14N2O2/c17-14(18-13-7-2-1-3-8-13)16-11-9-12-6-4-5-10-15-12/h1-8,10H,9,11H2,(H,16,17). The number of para-hydroxylation sites is 1. The van der Waals surface area contributed by atoms with Gasteiger partial charge in [-0.25, -0.2) is 4.79 Å². The van der Waals surface area contributed by atoms with Crippen LogP contribution in [0.25, 0.3) is 0 Å². The van der Waals surface area contributed by atoms with Crippen molar-refractivity contribution in [3.05, 3.63) is 60.4 Å². The molecule has 1 aromatic heterocycles. The zero-order valence-corrected chi connectivity index (χ0v) is 9.87. The van der Waals surface area contributed by atoms with Gasteiger partial charge in [0.1, 0.15) is 5.75 Å². The quantitative estimate of drug-likeness (QED) is 0.895. The highest BCUT2D eigenvalue weighted by molar-refractivity contribution is 5.70. The number of aromatic nitrogens is 1. The van der Waals surface area contributed by atoms with Crippen molar-refractivity contribution in [3.8, 4) is 5.75 Å². The number of amides is 1. The van der Waals surface area contributed by atoms with Crippen LogP contribution in [0.1, 0.15) is 5.69 Å². The second-order valence-electron chi connectivity index (χ2n) is 3.70. The first-order valence-corrected chi connectivity index (χ1v) is 5.75. The molecule has 18 heavy (non-hydrogen) atoms. The molecular formula is C14H14N2O2. The van der Waals surface area contributed by atoms with Gasteiger partial charge >= 0.3 is 6.09 Å². The van der Waals surface area contributed by atoms with Gasteiger partial charge in [0, 0.05) is 24.9 Å². The van der Waals surface area contributed by atoms with Crippen molar-refractivity contribution in [2.24, 2.45) is 0 Å². The number of pyridine rings is 1. The molecule has 0 radical (unpaired) electrons. The molecule has 0 bridgehead atoms. The van der Waals surface area contributed by atoms with Crippen LogP contribution in [0.4, 0.5) is 4.79 Å². The Kier molecular flexibility index (Phi) is 4.30. The average Bonchev–Trinajstić information content (AvgIpc) is 2.41. The van der Waals surface area contributed by atoms with Crippen molar-refractivity contribution in [1.82, 2.24) is 10.3 Å². The summed E-state index contributed by atoms with van der Waals surface area (Å²) >= 11 is 0. The molecule has 1 aromatic carbocycles. The molecule has 0 atom stereocenters. The smallest absolute Gasteiger partial charge is 0.410 e. The van der Waals surface area contributed by atoms with E-state index in [1.54, 1.807) is 18.3 Å². The van der Waals surface area contributed by atoms with E-state index in [4.69, 9.17) is 4.74 Å². The van der Waals surface area contributed by atoms with Gasteiger partial charge < -0.3 is 10.1 Å². The second kappa shape index (κ2) is 6.39. The molecule has 0 fully saturated rings. The largest absolute Gasteiger partial charge is 0.412 e. The normalized spacial score (nSPS) is 9.78. The van der Waals surface area contributed by atoms with Crippen molar-refractivity contribution >= 4 is 6.09 Å². The predicted molar refractivity (Wildman–Crippen MR) is 68.4 cm³/mol. The van der Waals surface area contributed by atoms with E-state index in [0.29, 0.717) is 18.7 Å². The van der Waals surface area contributed by atoms with Gasteiger partial charge in [-0.15, -0.1) is 0 Å². The van der Waals surface area contributed by atoms with Gasteiger partial charge in [0.25, 0.3) is 0 Å². The van der Waals surface area contributed by atoms with Gasteiger partial charge in [-0.1, -0.05) is 24.3 Å². The number of carbonyl (C=O) groups is 1. The molecular weight excluding hydrogens is 228 g/mol. The summed E-state index contributed by atoms with van der Waals surface area (Å²) in [7, 11) is 0. The third-order valence-corrected chi connectivity index (χ3v) is 2.33. The van der Waals surface area contributed by atoms with Gasteiger partial charge in [-0.3, -0.25) is 4.98 Å². The molecule has 0 saturated carbocycles. The minimum Gasteiger partial charge on any atom is -0.410 e. The fourth-order valence-corrected chi connectivity index (χ4v) is 1.47. The van der Waals surface area contributed by atoms with E-state index in [9.17, 15) is 4.79 Å². The Morgan fingerprint density at radius 3 is 2.61 bits per heavy atom. The maximum Gasteiger partial charge on any atom is 0.412 e. The number of hydrogen-bond acceptors (Lipinski definition) is 3. The Balaban J connectivity index is 1.73. The monoisotopic (exact) mass is 242 g/mol. The molecule has 2 rings (SSSR count). The van der Waals surface area contributed by atoms with E-state index in [1.807, 2.05) is 36.4 Å². The number of nitrogens with one attached hydrogen (secondary N) is 1. The summed E-state index contributed by atoms with van der Waals surface area (Å²) in [6, 6.07) is 14.7. The van der Waals surface area contributed by atoms with Crippen LogP contribution in [0.3, 0.4) is 0 Å². The van der Waals surface area contributed by atoms with Crippen LogP contribution in [0.5, 0.6) is 5.75 Å². The molecule has 0 aliphatic rings. The van der Waals surface area contributed by atoms with Gasteiger partial charge in [0.2, 0.25) is 0 Å². The molecule has 0 spiro atoms. The van der Waals surface area contributed by atoms with Gasteiger partial charge in [0.05, 0.1) is 0 Å². The molecule has 1 heterocycles. The first-order valence-electron chi connectivity index (χ1n) is 5.75. The van der Waals surface area contributed by atoms with E-state index < -0.39 is 6.09 Å². The Bertz CT molecular complexity index is 486. The van der Waals surface area contributed by atoms with Crippen LogP contribution in [0.15, 0.2) is 54.7 Å². The van der Waals surface area contributed by atoms with E-state index in [-0.39, 0.29) is 0 Å². The molecule has 2 aromatic rings. The number of rotatable bonds is 4. The van der Waals surface area contributed by atoms with E-state index >= 15 is 0 Å². The van der Waals surface area contributed by atoms with Crippen LogP contribution in [0, 0.1) is 0 Å². The topological polar surface area (TPSA) is 51.2 Å². The number of benzene rings is 1. The van der Waals surface area contributed by atoms with Crippen LogP contribution in [-0.4, -0.2) is 17.6 Å². The first kappa shape index (κ1) is 12.1. The molecule has 1 N–H and O–H groups in total. The minimum atomic E-state index is -0.447. The summed E-state index contributed by atoms with van der Waals surface area (Å²) in [5.41, 5.74) is 0.942. The van der Waals surface area contributed by atoms with E-state index in [1.165, 1.54) is 0 Å². The summed E-state index contributed by atoms with van der Waals surface area (Å²) in [4.78, 5) is 15.6. The summed E-state index contributed by atoms with van der Waals surface area (Å²) < 4.78 is 5.08. The lowest BCUT2D eigenvalue weighted by molar-refractivity contribution is 0.200. The van der Waals surface area contributed by atoms with Crippen molar-refractivity contribution in [3.63, 3.8) is 0 Å². The molecule has 1 amide bonds. The van der Waals surface area contributed by atoms with Crippen LogP contribution in [0.2, 0.25) is 0 Å². The zero-order valence-electron chi connectivity index (χ0n) is 9.87. The highest BCUT2D eigenvalue weighted by atomic mass is 16.5. The Morgan fingerprint density at radius 1 is 1.11 bits per heavy atom. The van der Waals surface area contributed by atoms with Gasteiger partial charge in [0.15, 0.2) is 0 Å². The molecule has 0 unspecified atom stereocenters. The number of carbonyl (C=O) groups excluding carboxylic acids is 1. The SMILES string of the molecule is O=C(NCCc1ccccn1)Oc1ccccc1. The lowest BCUT2D eigenvalue weighted by Gasteiger charge is -2.06. The fourth-order valence-electron chi connectivity index (χ4n) is 1.47. The molecule has 0 saturated heterocycles. The van der Waals surface area contributed by atoms with Crippen molar-refractivity contribution in [1.29, 1.82) is 0 Å². The number of ether oxygens (including phenoxy) is 1.